The average molecular weight is 301 g/mol. The van der Waals surface area contributed by atoms with Gasteiger partial charge in [0.05, 0.1) is 5.56 Å². The van der Waals surface area contributed by atoms with Gasteiger partial charge in [0.2, 0.25) is 0 Å². The van der Waals surface area contributed by atoms with Crippen molar-refractivity contribution in [3.05, 3.63) is 47.7 Å². The summed E-state index contributed by atoms with van der Waals surface area (Å²) in [5.74, 6) is -0.650. The molecule has 0 saturated heterocycles. The van der Waals surface area contributed by atoms with Gasteiger partial charge in [0.1, 0.15) is 17.6 Å². The number of carbonyl (C=O) groups is 2. The van der Waals surface area contributed by atoms with Crippen LogP contribution >= 0.6 is 0 Å². The number of carboxylic acids is 1. The number of nitrogens with one attached hydrogen (secondary N) is 1. The summed E-state index contributed by atoms with van der Waals surface area (Å²) < 4.78 is 5.62. The van der Waals surface area contributed by atoms with Crippen molar-refractivity contribution in [3.8, 4) is 11.3 Å². The smallest absolute Gasteiger partial charge is 0.326 e. The lowest BCUT2D eigenvalue weighted by atomic mass is 10.0. The standard InChI is InChI=1S/C17H19NO4/c1-10(2)15(17(20)21)18-16(19)13-9-14(22-11(13)3)12-7-5-4-6-8-12/h4-10,15H,1-3H3,(H,18,19)(H,20,21)/t15-/m1/s1. The Morgan fingerprint density at radius 2 is 1.82 bits per heavy atom. The van der Waals surface area contributed by atoms with Gasteiger partial charge >= 0.3 is 5.97 Å². The molecule has 0 radical (unpaired) electrons. The third kappa shape index (κ3) is 3.36. The zero-order valence-corrected chi connectivity index (χ0v) is 12.8. The van der Waals surface area contributed by atoms with Crippen LogP contribution in [0, 0.1) is 12.8 Å². The second kappa shape index (κ2) is 6.47. The van der Waals surface area contributed by atoms with E-state index in [0.29, 0.717) is 17.1 Å². The Kier molecular flexibility index (Phi) is 4.65. The quantitative estimate of drug-likeness (QED) is 0.889. The van der Waals surface area contributed by atoms with E-state index in [0.717, 1.165) is 5.56 Å². The van der Waals surface area contributed by atoms with E-state index in [-0.39, 0.29) is 5.92 Å². The van der Waals surface area contributed by atoms with E-state index >= 15 is 0 Å². The first kappa shape index (κ1) is 15.8. The van der Waals surface area contributed by atoms with Crippen LogP contribution in [0.3, 0.4) is 0 Å². The number of furan rings is 1. The molecule has 0 aliphatic heterocycles. The van der Waals surface area contributed by atoms with E-state index in [1.54, 1.807) is 26.8 Å². The second-order valence-electron chi connectivity index (χ2n) is 5.48. The molecule has 116 valence electrons. The Bertz CT molecular complexity index is 673. The molecule has 0 saturated carbocycles. The van der Waals surface area contributed by atoms with E-state index in [1.807, 2.05) is 30.3 Å². The van der Waals surface area contributed by atoms with Crippen LogP contribution in [-0.2, 0) is 4.79 Å². The number of carbonyl (C=O) groups excluding carboxylic acids is 1. The first-order chi connectivity index (χ1) is 10.4. The van der Waals surface area contributed by atoms with Crippen molar-refractivity contribution in [3.63, 3.8) is 0 Å². The molecule has 0 bridgehead atoms. The number of hydrogen-bond acceptors (Lipinski definition) is 3. The van der Waals surface area contributed by atoms with Gasteiger partial charge in [-0.25, -0.2) is 4.79 Å². The van der Waals surface area contributed by atoms with E-state index in [1.165, 1.54) is 0 Å². The molecule has 1 aromatic carbocycles. The fourth-order valence-corrected chi connectivity index (χ4v) is 2.18. The fourth-order valence-electron chi connectivity index (χ4n) is 2.18. The van der Waals surface area contributed by atoms with Gasteiger partial charge < -0.3 is 14.8 Å². The van der Waals surface area contributed by atoms with Gasteiger partial charge in [-0.15, -0.1) is 0 Å². The topological polar surface area (TPSA) is 79.5 Å². The minimum Gasteiger partial charge on any atom is -0.480 e. The van der Waals surface area contributed by atoms with Crippen molar-refractivity contribution in [1.82, 2.24) is 5.32 Å². The van der Waals surface area contributed by atoms with Gasteiger partial charge in [0, 0.05) is 5.56 Å². The van der Waals surface area contributed by atoms with Crippen LogP contribution in [-0.4, -0.2) is 23.0 Å². The van der Waals surface area contributed by atoms with Gasteiger partial charge in [-0.2, -0.15) is 0 Å². The highest BCUT2D eigenvalue weighted by Gasteiger charge is 2.25. The van der Waals surface area contributed by atoms with Crippen LogP contribution in [0.15, 0.2) is 40.8 Å². The summed E-state index contributed by atoms with van der Waals surface area (Å²) in [6.45, 7) is 5.18. The third-order valence-corrected chi connectivity index (χ3v) is 3.44. The van der Waals surface area contributed by atoms with Crippen molar-refractivity contribution in [2.45, 2.75) is 26.8 Å². The summed E-state index contributed by atoms with van der Waals surface area (Å²) in [7, 11) is 0. The monoisotopic (exact) mass is 301 g/mol. The van der Waals surface area contributed by atoms with Crippen molar-refractivity contribution in [2.75, 3.05) is 0 Å². The lowest BCUT2D eigenvalue weighted by molar-refractivity contribution is -0.140. The van der Waals surface area contributed by atoms with Crippen LogP contribution in [0.4, 0.5) is 0 Å². The summed E-state index contributed by atoms with van der Waals surface area (Å²) in [5.41, 5.74) is 1.22. The number of aryl methyl sites for hydroxylation is 1. The Balaban J connectivity index is 2.24. The van der Waals surface area contributed by atoms with E-state index < -0.39 is 17.9 Å². The Labute approximate surface area is 129 Å². The summed E-state index contributed by atoms with van der Waals surface area (Å²) in [6, 6.07) is 10.1. The molecule has 0 aliphatic carbocycles. The van der Waals surface area contributed by atoms with Gasteiger partial charge in [-0.1, -0.05) is 44.2 Å². The molecule has 2 N–H and O–H groups in total. The maximum atomic E-state index is 12.3. The molecule has 0 aliphatic rings. The largest absolute Gasteiger partial charge is 0.480 e. The molecule has 22 heavy (non-hydrogen) atoms. The van der Waals surface area contributed by atoms with Crippen molar-refractivity contribution in [1.29, 1.82) is 0 Å². The fraction of sp³-hybridized carbons (Fsp3) is 0.294. The molecular formula is C17H19NO4. The minimum absolute atomic E-state index is 0.206. The number of rotatable bonds is 5. The molecule has 1 atom stereocenters. The average Bonchev–Trinajstić information content (AvgIpc) is 2.87. The zero-order valence-electron chi connectivity index (χ0n) is 12.8. The summed E-state index contributed by atoms with van der Waals surface area (Å²) in [5, 5.41) is 11.7. The van der Waals surface area contributed by atoms with Crippen LogP contribution < -0.4 is 5.32 Å². The summed E-state index contributed by atoms with van der Waals surface area (Å²) in [6.07, 6.45) is 0. The van der Waals surface area contributed by atoms with Crippen molar-refractivity contribution < 1.29 is 19.1 Å². The van der Waals surface area contributed by atoms with E-state index in [4.69, 9.17) is 9.52 Å². The second-order valence-corrected chi connectivity index (χ2v) is 5.48. The van der Waals surface area contributed by atoms with Crippen molar-refractivity contribution in [2.24, 2.45) is 5.92 Å². The predicted octanol–water partition coefficient (Wildman–Crippen LogP) is 3.09. The molecule has 1 heterocycles. The number of amides is 1. The Morgan fingerprint density at radius 3 is 2.36 bits per heavy atom. The molecule has 5 nitrogen and oxygen atoms in total. The summed E-state index contributed by atoms with van der Waals surface area (Å²) in [4.78, 5) is 23.5. The molecule has 1 amide bonds. The highest BCUT2D eigenvalue weighted by Crippen LogP contribution is 2.25. The highest BCUT2D eigenvalue weighted by atomic mass is 16.4. The predicted molar refractivity (Wildman–Crippen MR) is 82.6 cm³/mol. The van der Waals surface area contributed by atoms with Gasteiger partial charge in [0.15, 0.2) is 0 Å². The molecular weight excluding hydrogens is 282 g/mol. The molecule has 0 unspecified atom stereocenters. The van der Waals surface area contributed by atoms with Crippen molar-refractivity contribution >= 4 is 11.9 Å². The number of carboxylic acid groups (broad SMARTS) is 1. The highest BCUT2D eigenvalue weighted by molar-refractivity contribution is 5.98. The Morgan fingerprint density at radius 1 is 1.18 bits per heavy atom. The van der Waals surface area contributed by atoms with Crippen LogP contribution in [0.1, 0.15) is 30.0 Å². The molecule has 0 fully saturated rings. The minimum atomic E-state index is -1.05. The SMILES string of the molecule is Cc1oc(-c2ccccc2)cc1C(=O)N[C@@H](C(=O)O)C(C)C. The summed E-state index contributed by atoms with van der Waals surface area (Å²) >= 11 is 0. The molecule has 2 aromatic rings. The van der Waals surface area contributed by atoms with E-state index in [9.17, 15) is 9.59 Å². The first-order valence-corrected chi connectivity index (χ1v) is 7.09. The van der Waals surface area contributed by atoms with Gasteiger partial charge in [0.25, 0.3) is 5.91 Å². The first-order valence-electron chi connectivity index (χ1n) is 7.09. The number of benzene rings is 1. The van der Waals surface area contributed by atoms with Gasteiger partial charge in [-0.05, 0) is 18.9 Å². The zero-order chi connectivity index (χ0) is 16.3. The Hall–Kier alpha value is -2.56. The van der Waals surface area contributed by atoms with Crippen LogP contribution in [0.25, 0.3) is 11.3 Å². The molecule has 1 aromatic heterocycles. The maximum absolute atomic E-state index is 12.3. The normalized spacial score (nSPS) is 12.2. The lowest BCUT2D eigenvalue weighted by Gasteiger charge is -2.17. The van der Waals surface area contributed by atoms with Crippen LogP contribution in [0.2, 0.25) is 0 Å². The molecule has 5 heteroatoms. The van der Waals surface area contributed by atoms with Crippen LogP contribution in [0.5, 0.6) is 0 Å². The molecule has 0 spiro atoms. The molecule has 2 rings (SSSR count). The lowest BCUT2D eigenvalue weighted by Crippen LogP contribution is -2.44. The van der Waals surface area contributed by atoms with Gasteiger partial charge in [-0.3, -0.25) is 4.79 Å². The number of hydrogen-bond donors (Lipinski definition) is 2. The van der Waals surface area contributed by atoms with E-state index in [2.05, 4.69) is 5.32 Å². The number of aliphatic carboxylic acids is 1. The maximum Gasteiger partial charge on any atom is 0.326 e. The third-order valence-electron chi connectivity index (χ3n) is 3.44.